The number of pyridine rings is 1. The fraction of sp³-hybridized carbons (Fsp3) is 0.364. The van der Waals surface area contributed by atoms with Gasteiger partial charge in [-0.2, -0.15) is 0 Å². The highest BCUT2D eigenvalue weighted by Gasteiger charge is 2.06. The van der Waals surface area contributed by atoms with Crippen LogP contribution in [0.25, 0.3) is 0 Å². The molecule has 1 amide bonds. The number of likely N-dealkylation sites (N-methyl/N-ethyl adjacent to an activating group) is 1. The number of aromatic nitrogens is 1. The molecule has 0 spiro atoms. The second-order valence-corrected chi connectivity index (χ2v) is 4.33. The molecule has 0 saturated heterocycles. The summed E-state index contributed by atoms with van der Waals surface area (Å²) in [4.78, 5) is 17.5. The Bertz CT molecular complexity index is 445. The Hall–Kier alpha value is -1.69. The van der Waals surface area contributed by atoms with Crippen LogP contribution in [0.4, 0.5) is 5.82 Å². The molecule has 0 fully saturated rings. The Morgan fingerprint density at radius 2 is 2.18 bits per heavy atom. The Morgan fingerprint density at radius 1 is 1.53 bits per heavy atom. The van der Waals surface area contributed by atoms with Crippen LogP contribution in [0.5, 0.6) is 0 Å². The number of nitrogens with two attached hydrogens (primary N) is 1. The van der Waals surface area contributed by atoms with Crippen LogP contribution in [0.15, 0.2) is 12.1 Å². The van der Waals surface area contributed by atoms with Gasteiger partial charge in [-0.25, -0.2) is 4.98 Å². The molecule has 0 bridgehead atoms. The first-order valence-corrected chi connectivity index (χ1v) is 5.53. The van der Waals surface area contributed by atoms with Gasteiger partial charge in [-0.1, -0.05) is 12.2 Å². The Morgan fingerprint density at radius 3 is 2.71 bits per heavy atom. The summed E-state index contributed by atoms with van der Waals surface area (Å²) in [5.74, 6) is 0.577. The molecule has 1 rings (SSSR count). The number of nitrogens with one attached hydrogen (secondary N) is 1. The normalized spacial score (nSPS) is 9.82. The number of carbonyl (C=O) groups excluding carboxylic acids is 1. The van der Waals surface area contributed by atoms with Crippen LogP contribution in [0.1, 0.15) is 11.3 Å². The molecule has 17 heavy (non-hydrogen) atoms. The topological polar surface area (TPSA) is 71.2 Å². The molecule has 92 valence electrons. The zero-order valence-electron chi connectivity index (χ0n) is 10.2. The lowest BCUT2D eigenvalue weighted by Gasteiger charge is -2.12. The molecule has 0 aliphatic carbocycles. The van der Waals surface area contributed by atoms with Gasteiger partial charge in [-0.3, -0.25) is 4.79 Å². The van der Waals surface area contributed by atoms with Crippen molar-refractivity contribution in [3.8, 4) is 0 Å². The molecular weight excluding hydrogens is 236 g/mol. The van der Waals surface area contributed by atoms with E-state index in [9.17, 15) is 4.79 Å². The largest absolute Gasteiger partial charge is 0.389 e. The Kier molecular flexibility index (Phi) is 4.39. The SMILES string of the molecule is Cc1cc(C(N)=S)cc(NCC(=O)N(C)C)n1. The smallest absolute Gasteiger partial charge is 0.241 e. The number of hydrogen-bond acceptors (Lipinski definition) is 4. The minimum atomic E-state index is -0.0230. The Labute approximate surface area is 106 Å². The fourth-order valence-corrected chi connectivity index (χ4v) is 1.34. The lowest BCUT2D eigenvalue weighted by molar-refractivity contribution is -0.126. The lowest BCUT2D eigenvalue weighted by atomic mass is 10.2. The molecule has 5 nitrogen and oxygen atoms in total. The average molecular weight is 252 g/mol. The van der Waals surface area contributed by atoms with E-state index in [4.69, 9.17) is 18.0 Å². The van der Waals surface area contributed by atoms with E-state index in [1.807, 2.05) is 6.92 Å². The maximum atomic E-state index is 11.4. The molecular formula is C11H16N4OS. The number of carbonyl (C=O) groups is 1. The zero-order chi connectivity index (χ0) is 13.0. The minimum absolute atomic E-state index is 0.0230. The molecule has 1 heterocycles. The van der Waals surface area contributed by atoms with Gasteiger partial charge >= 0.3 is 0 Å². The summed E-state index contributed by atoms with van der Waals surface area (Å²) in [5, 5.41) is 2.94. The summed E-state index contributed by atoms with van der Waals surface area (Å²) in [6, 6.07) is 3.54. The first kappa shape index (κ1) is 13.4. The highest BCUT2D eigenvalue weighted by Crippen LogP contribution is 2.09. The number of rotatable bonds is 4. The molecule has 6 heteroatoms. The van der Waals surface area contributed by atoms with Crippen molar-refractivity contribution in [2.45, 2.75) is 6.92 Å². The Balaban J connectivity index is 2.78. The number of amides is 1. The second-order valence-electron chi connectivity index (χ2n) is 3.89. The summed E-state index contributed by atoms with van der Waals surface area (Å²) in [5.41, 5.74) is 7.10. The van der Waals surface area contributed by atoms with Crippen molar-refractivity contribution in [3.63, 3.8) is 0 Å². The van der Waals surface area contributed by atoms with Crippen LogP contribution >= 0.6 is 12.2 Å². The van der Waals surface area contributed by atoms with Gasteiger partial charge in [0.25, 0.3) is 0 Å². The van der Waals surface area contributed by atoms with Crippen molar-refractivity contribution in [2.75, 3.05) is 26.0 Å². The van der Waals surface area contributed by atoms with Crippen molar-refractivity contribution in [3.05, 3.63) is 23.4 Å². The molecule has 1 aromatic heterocycles. The van der Waals surface area contributed by atoms with Gasteiger partial charge in [0.15, 0.2) is 0 Å². The molecule has 0 radical (unpaired) electrons. The van der Waals surface area contributed by atoms with E-state index >= 15 is 0 Å². The average Bonchev–Trinajstić information content (AvgIpc) is 2.24. The third-order valence-electron chi connectivity index (χ3n) is 2.16. The second kappa shape index (κ2) is 5.58. The van der Waals surface area contributed by atoms with E-state index in [1.54, 1.807) is 26.2 Å². The van der Waals surface area contributed by atoms with Gasteiger partial charge in [0.2, 0.25) is 5.91 Å². The van der Waals surface area contributed by atoms with E-state index < -0.39 is 0 Å². The van der Waals surface area contributed by atoms with Gasteiger partial charge in [-0.15, -0.1) is 0 Å². The maximum absolute atomic E-state index is 11.4. The number of anilines is 1. The summed E-state index contributed by atoms with van der Waals surface area (Å²) >= 11 is 4.91. The van der Waals surface area contributed by atoms with Crippen LogP contribution in [0.2, 0.25) is 0 Å². The number of hydrogen-bond donors (Lipinski definition) is 2. The van der Waals surface area contributed by atoms with E-state index in [1.165, 1.54) is 4.90 Å². The number of aryl methyl sites for hydroxylation is 1. The first-order valence-electron chi connectivity index (χ1n) is 5.12. The third-order valence-corrected chi connectivity index (χ3v) is 2.39. The van der Waals surface area contributed by atoms with Crippen LogP contribution in [-0.4, -0.2) is 41.4 Å². The van der Waals surface area contributed by atoms with Crippen LogP contribution in [0.3, 0.4) is 0 Å². The molecule has 3 N–H and O–H groups in total. The van der Waals surface area contributed by atoms with Crippen molar-refractivity contribution in [1.82, 2.24) is 9.88 Å². The molecule has 0 saturated carbocycles. The van der Waals surface area contributed by atoms with Gasteiger partial charge < -0.3 is 16.0 Å². The van der Waals surface area contributed by atoms with E-state index in [0.29, 0.717) is 10.8 Å². The van der Waals surface area contributed by atoms with Gasteiger partial charge in [0.05, 0.1) is 6.54 Å². The van der Waals surface area contributed by atoms with Crippen molar-refractivity contribution < 1.29 is 4.79 Å². The van der Waals surface area contributed by atoms with Gasteiger partial charge in [0, 0.05) is 25.4 Å². The minimum Gasteiger partial charge on any atom is -0.389 e. The predicted octanol–water partition coefficient (Wildman–Crippen LogP) is 0.524. The third kappa shape index (κ3) is 3.99. The van der Waals surface area contributed by atoms with Crippen molar-refractivity contribution >= 4 is 28.9 Å². The van der Waals surface area contributed by atoms with Crippen molar-refractivity contribution in [1.29, 1.82) is 0 Å². The molecule has 0 aliphatic rings. The maximum Gasteiger partial charge on any atom is 0.241 e. The molecule has 0 unspecified atom stereocenters. The monoisotopic (exact) mass is 252 g/mol. The molecule has 0 aliphatic heterocycles. The standard InChI is InChI=1S/C11H16N4OS/c1-7-4-8(11(12)17)5-9(14-7)13-6-10(16)15(2)3/h4-5H,6H2,1-3H3,(H2,12,17)(H,13,14). The number of thiocarbonyl (C=S) groups is 1. The van der Waals surface area contributed by atoms with Crippen molar-refractivity contribution in [2.24, 2.45) is 5.73 Å². The summed E-state index contributed by atoms with van der Waals surface area (Å²) in [6.07, 6.45) is 0. The molecule has 0 atom stereocenters. The number of nitrogens with zero attached hydrogens (tertiary/aromatic N) is 2. The predicted molar refractivity (Wildman–Crippen MR) is 72.0 cm³/mol. The highest BCUT2D eigenvalue weighted by molar-refractivity contribution is 7.80. The summed E-state index contributed by atoms with van der Waals surface area (Å²) in [7, 11) is 3.41. The quantitative estimate of drug-likeness (QED) is 0.765. The van der Waals surface area contributed by atoms with Crippen LogP contribution in [0, 0.1) is 6.92 Å². The van der Waals surface area contributed by atoms with Crippen LogP contribution in [-0.2, 0) is 4.79 Å². The molecule has 0 aromatic carbocycles. The fourth-order valence-electron chi connectivity index (χ4n) is 1.23. The van der Waals surface area contributed by atoms with Gasteiger partial charge in [0.1, 0.15) is 10.8 Å². The van der Waals surface area contributed by atoms with E-state index in [-0.39, 0.29) is 12.5 Å². The van der Waals surface area contributed by atoms with E-state index in [2.05, 4.69) is 10.3 Å². The van der Waals surface area contributed by atoms with E-state index in [0.717, 1.165) is 11.3 Å². The summed E-state index contributed by atoms with van der Waals surface area (Å²) in [6.45, 7) is 2.04. The zero-order valence-corrected chi connectivity index (χ0v) is 11.0. The highest BCUT2D eigenvalue weighted by atomic mass is 32.1. The van der Waals surface area contributed by atoms with Gasteiger partial charge in [-0.05, 0) is 19.1 Å². The molecule has 1 aromatic rings. The lowest BCUT2D eigenvalue weighted by Crippen LogP contribution is -2.29. The first-order chi connectivity index (χ1) is 7.90. The summed E-state index contributed by atoms with van der Waals surface area (Å²) < 4.78 is 0. The van der Waals surface area contributed by atoms with Crippen LogP contribution < -0.4 is 11.1 Å².